The fourth-order valence-corrected chi connectivity index (χ4v) is 3.55. The quantitative estimate of drug-likeness (QED) is 0.701. The average molecular weight is 253 g/mol. The van der Waals surface area contributed by atoms with Crippen LogP contribution in [0.1, 0.15) is 12.8 Å². The van der Waals surface area contributed by atoms with E-state index in [1.165, 1.54) is 25.9 Å². The lowest BCUT2D eigenvalue weighted by atomic mass is 9.72. The van der Waals surface area contributed by atoms with Crippen LogP contribution in [0.5, 0.6) is 0 Å². The summed E-state index contributed by atoms with van der Waals surface area (Å²) >= 11 is 0. The smallest absolute Gasteiger partial charge is 0.236 e. The minimum Gasteiger partial charge on any atom is -0.389 e. The van der Waals surface area contributed by atoms with E-state index in [1.54, 1.807) is 4.90 Å². The van der Waals surface area contributed by atoms with E-state index in [1.807, 2.05) is 0 Å². The molecule has 1 N–H and O–H groups in total. The molecule has 0 unspecified atom stereocenters. The second-order valence-corrected chi connectivity index (χ2v) is 6.40. The summed E-state index contributed by atoms with van der Waals surface area (Å²) in [4.78, 5) is 18.3. The highest BCUT2D eigenvalue weighted by molar-refractivity contribution is 5.79. The van der Waals surface area contributed by atoms with Crippen LogP contribution in [0.3, 0.4) is 0 Å². The second-order valence-electron chi connectivity index (χ2n) is 6.40. The third-order valence-electron chi connectivity index (χ3n) is 4.70. The van der Waals surface area contributed by atoms with Crippen molar-refractivity contribution < 1.29 is 9.90 Å². The predicted molar refractivity (Wildman–Crippen MR) is 68.2 cm³/mol. The van der Waals surface area contributed by atoms with Gasteiger partial charge in [0.2, 0.25) is 5.91 Å². The Morgan fingerprint density at radius 1 is 1.28 bits per heavy atom. The van der Waals surface area contributed by atoms with Crippen molar-refractivity contribution in [2.75, 3.05) is 52.9 Å². The summed E-state index contributed by atoms with van der Waals surface area (Å²) in [5.74, 6) is 0.182. The molecule has 1 spiro atoms. The molecule has 0 atom stereocenters. The van der Waals surface area contributed by atoms with E-state index in [-0.39, 0.29) is 12.0 Å². The zero-order valence-electron chi connectivity index (χ0n) is 11.1. The molecule has 0 aromatic rings. The van der Waals surface area contributed by atoms with Crippen molar-refractivity contribution in [2.45, 2.75) is 18.9 Å². The number of hydrogen-bond donors (Lipinski definition) is 1. The van der Waals surface area contributed by atoms with Crippen LogP contribution >= 0.6 is 0 Å². The maximum atomic E-state index is 11.9. The summed E-state index contributed by atoms with van der Waals surface area (Å²) in [6, 6.07) is 0. The largest absolute Gasteiger partial charge is 0.389 e. The molecule has 3 aliphatic rings. The Labute approximate surface area is 108 Å². The van der Waals surface area contributed by atoms with Gasteiger partial charge in [-0.15, -0.1) is 0 Å². The Morgan fingerprint density at radius 2 is 1.89 bits per heavy atom. The summed E-state index contributed by atoms with van der Waals surface area (Å²) in [5, 5.41) is 9.19. The molecule has 3 aliphatic heterocycles. The monoisotopic (exact) mass is 253 g/mol. The van der Waals surface area contributed by atoms with Crippen molar-refractivity contribution in [3.63, 3.8) is 0 Å². The lowest BCUT2D eigenvalue weighted by Crippen LogP contribution is -2.60. The topological polar surface area (TPSA) is 47.0 Å². The van der Waals surface area contributed by atoms with Gasteiger partial charge in [0.05, 0.1) is 12.6 Å². The molecule has 3 fully saturated rings. The van der Waals surface area contributed by atoms with Gasteiger partial charge in [-0.3, -0.25) is 9.69 Å². The Hall–Kier alpha value is -0.650. The molecular weight excluding hydrogens is 230 g/mol. The van der Waals surface area contributed by atoms with E-state index >= 15 is 0 Å². The Kier molecular flexibility index (Phi) is 3.08. The van der Waals surface area contributed by atoms with Crippen molar-refractivity contribution in [3.05, 3.63) is 0 Å². The SMILES string of the molecule is CN1CC2(CCN(CC(=O)N3CC(O)C3)CC2)C1. The molecule has 18 heavy (non-hydrogen) atoms. The third kappa shape index (κ3) is 2.27. The number of nitrogens with zero attached hydrogens (tertiary/aromatic N) is 3. The average Bonchev–Trinajstić information content (AvgIpc) is 2.26. The highest BCUT2D eigenvalue weighted by atomic mass is 16.3. The predicted octanol–water partition coefficient (Wildman–Crippen LogP) is -0.783. The number of aliphatic hydroxyl groups excluding tert-OH is 1. The molecule has 5 nitrogen and oxygen atoms in total. The van der Waals surface area contributed by atoms with Gasteiger partial charge in [-0.05, 0) is 38.4 Å². The Morgan fingerprint density at radius 3 is 2.39 bits per heavy atom. The van der Waals surface area contributed by atoms with Gasteiger partial charge >= 0.3 is 0 Å². The van der Waals surface area contributed by atoms with Gasteiger partial charge in [0.25, 0.3) is 0 Å². The number of rotatable bonds is 2. The lowest BCUT2D eigenvalue weighted by Gasteiger charge is -2.53. The molecule has 3 heterocycles. The van der Waals surface area contributed by atoms with Gasteiger partial charge in [-0.1, -0.05) is 0 Å². The number of carbonyl (C=O) groups excluding carboxylic acids is 1. The van der Waals surface area contributed by atoms with Crippen LogP contribution in [-0.4, -0.2) is 84.7 Å². The molecule has 0 aliphatic carbocycles. The van der Waals surface area contributed by atoms with Gasteiger partial charge < -0.3 is 14.9 Å². The van der Waals surface area contributed by atoms with Crippen molar-refractivity contribution in [1.29, 1.82) is 0 Å². The normalized spacial score (nSPS) is 29.1. The fourth-order valence-electron chi connectivity index (χ4n) is 3.55. The minimum atomic E-state index is -0.288. The first-order valence-electron chi connectivity index (χ1n) is 6.93. The van der Waals surface area contributed by atoms with Crippen LogP contribution in [-0.2, 0) is 4.79 Å². The van der Waals surface area contributed by atoms with E-state index < -0.39 is 0 Å². The summed E-state index contributed by atoms with van der Waals surface area (Å²) in [6.45, 7) is 6.16. The molecule has 0 aromatic carbocycles. The number of β-amino-alcohol motifs (C(OH)–C–C–N with tert-alkyl or cyclic N) is 1. The van der Waals surface area contributed by atoms with E-state index in [2.05, 4.69) is 16.8 Å². The van der Waals surface area contributed by atoms with Gasteiger partial charge in [0.1, 0.15) is 0 Å². The number of likely N-dealkylation sites (tertiary alicyclic amines) is 3. The van der Waals surface area contributed by atoms with Crippen LogP contribution in [0.2, 0.25) is 0 Å². The van der Waals surface area contributed by atoms with Gasteiger partial charge in [-0.25, -0.2) is 0 Å². The lowest BCUT2D eigenvalue weighted by molar-refractivity contribution is -0.143. The van der Waals surface area contributed by atoms with Crippen LogP contribution in [0, 0.1) is 5.41 Å². The van der Waals surface area contributed by atoms with Crippen LogP contribution in [0.25, 0.3) is 0 Å². The molecule has 0 radical (unpaired) electrons. The van der Waals surface area contributed by atoms with Crippen molar-refractivity contribution in [3.8, 4) is 0 Å². The van der Waals surface area contributed by atoms with Gasteiger partial charge in [0, 0.05) is 26.2 Å². The number of carbonyl (C=O) groups is 1. The zero-order valence-corrected chi connectivity index (χ0v) is 11.1. The number of hydrogen-bond acceptors (Lipinski definition) is 4. The van der Waals surface area contributed by atoms with E-state index in [0.29, 0.717) is 25.0 Å². The standard InChI is InChI=1S/C13H23N3O2/c1-14-9-13(10-14)2-4-15(5-3-13)8-12(18)16-6-11(17)7-16/h11,17H,2-10H2,1H3. The minimum absolute atomic E-state index is 0.182. The highest BCUT2D eigenvalue weighted by Gasteiger charge is 2.43. The molecule has 3 saturated heterocycles. The molecular formula is C13H23N3O2. The molecule has 102 valence electrons. The first kappa shape index (κ1) is 12.4. The maximum Gasteiger partial charge on any atom is 0.236 e. The van der Waals surface area contributed by atoms with Gasteiger partial charge in [0.15, 0.2) is 0 Å². The summed E-state index contributed by atoms with van der Waals surface area (Å²) in [6.07, 6.45) is 2.17. The van der Waals surface area contributed by atoms with Crippen molar-refractivity contribution >= 4 is 5.91 Å². The highest BCUT2D eigenvalue weighted by Crippen LogP contribution is 2.39. The first-order chi connectivity index (χ1) is 8.56. The van der Waals surface area contributed by atoms with Crippen molar-refractivity contribution in [1.82, 2.24) is 14.7 Å². The fraction of sp³-hybridized carbons (Fsp3) is 0.923. The zero-order chi connectivity index (χ0) is 12.8. The molecule has 0 saturated carbocycles. The number of amides is 1. The van der Waals surface area contributed by atoms with E-state index in [0.717, 1.165) is 13.1 Å². The number of piperidine rings is 1. The molecule has 1 amide bonds. The van der Waals surface area contributed by atoms with Gasteiger partial charge in [-0.2, -0.15) is 0 Å². The second kappa shape index (κ2) is 4.47. The summed E-state index contributed by atoms with van der Waals surface area (Å²) in [5.41, 5.74) is 0.557. The van der Waals surface area contributed by atoms with Crippen LogP contribution in [0.4, 0.5) is 0 Å². The third-order valence-corrected chi connectivity index (χ3v) is 4.70. The van der Waals surface area contributed by atoms with Crippen LogP contribution in [0.15, 0.2) is 0 Å². The summed E-state index contributed by atoms with van der Waals surface area (Å²) < 4.78 is 0. The Balaban J connectivity index is 1.42. The summed E-state index contributed by atoms with van der Waals surface area (Å²) in [7, 11) is 2.18. The molecule has 5 heteroatoms. The molecule has 0 aromatic heterocycles. The van der Waals surface area contributed by atoms with Crippen LogP contribution < -0.4 is 0 Å². The van der Waals surface area contributed by atoms with E-state index in [9.17, 15) is 9.90 Å². The van der Waals surface area contributed by atoms with E-state index in [4.69, 9.17) is 0 Å². The molecule has 0 bridgehead atoms. The maximum absolute atomic E-state index is 11.9. The molecule has 3 rings (SSSR count). The Bertz CT molecular complexity index is 325. The first-order valence-corrected chi connectivity index (χ1v) is 6.93. The van der Waals surface area contributed by atoms with Crippen molar-refractivity contribution in [2.24, 2.45) is 5.41 Å². The number of aliphatic hydroxyl groups is 1.